The molecule has 0 aliphatic heterocycles. The van der Waals surface area contributed by atoms with Crippen LogP contribution in [0, 0.1) is 0 Å². The second kappa shape index (κ2) is 7.96. The molecule has 0 aromatic rings. The van der Waals surface area contributed by atoms with Crippen molar-refractivity contribution < 1.29 is 24.1 Å². The van der Waals surface area contributed by atoms with Gasteiger partial charge in [-0.15, -0.1) is 0 Å². The zero-order chi connectivity index (χ0) is 11.7. The second-order valence-electron chi connectivity index (χ2n) is 3.75. The van der Waals surface area contributed by atoms with Crippen LogP contribution >= 0.6 is 0 Å². The van der Waals surface area contributed by atoms with Crippen LogP contribution in [-0.2, 0) is 0 Å². The van der Waals surface area contributed by atoms with Gasteiger partial charge in [0.15, 0.2) is 6.17 Å². The Morgan fingerprint density at radius 1 is 0.867 bits per heavy atom. The summed E-state index contributed by atoms with van der Waals surface area (Å²) in [6.07, 6.45) is 2.32. The molecule has 0 aliphatic carbocycles. The Balaban J connectivity index is 3.24. The molecule has 0 radical (unpaired) electrons. The number of halogens is 2. The van der Waals surface area contributed by atoms with Crippen LogP contribution in [0.4, 0.5) is 8.78 Å². The minimum atomic E-state index is -3.21. The maximum Gasteiger partial charge on any atom is 0.308 e. The van der Waals surface area contributed by atoms with Gasteiger partial charge in [0.25, 0.3) is 0 Å². The van der Waals surface area contributed by atoms with Crippen molar-refractivity contribution in [1.82, 2.24) is 0 Å². The first-order valence-corrected chi connectivity index (χ1v) is 5.35. The van der Waals surface area contributed by atoms with Crippen molar-refractivity contribution >= 4 is 0 Å². The fourth-order valence-corrected chi connectivity index (χ4v) is 1.32. The van der Waals surface area contributed by atoms with Gasteiger partial charge in [-0.3, -0.25) is 4.39 Å². The molecule has 0 bridgehead atoms. The highest BCUT2D eigenvalue weighted by Gasteiger charge is 2.31. The van der Waals surface area contributed by atoms with Crippen molar-refractivity contribution in [3.63, 3.8) is 0 Å². The number of unbranched alkanes of at least 4 members (excludes halogenated alkanes) is 5. The molecule has 0 aromatic heterocycles. The van der Waals surface area contributed by atoms with E-state index in [0.717, 1.165) is 25.7 Å². The zero-order valence-corrected chi connectivity index (χ0v) is 8.83. The quantitative estimate of drug-likeness (QED) is 0.414. The molecular formula is C10H20F2O3. The lowest BCUT2D eigenvalue weighted by atomic mass is 10.1. The Morgan fingerprint density at radius 2 is 1.33 bits per heavy atom. The van der Waals surface area contributed by atoms with Gasteiger partial charge in [0.1, 0.15) is 0 Å². The van der Waals surface area contributed by atoms with E-state index in [4.69, 9.17) is 15.3 Å². The van der Waals surface area contributed by atoms with E-state index >= 15 is 0 Å². The summed E-state index contributed by atoms with van der Waals surface area (Å²) in [6.45, 7) is -0.297. The third-order valence-electron chi connectivity index (χ3n) is 2.26. The molecule has 0 heterocycles. The highest BCUT2D eigenvalue weighted by atomic mass is 19.1. The van der Waals surface area contributed by atoms with Crippen LogP contribution in [0.5, 0.6) is 0 Å². The van der Waals surface area contributed by atoms with E-state index in [1.165, 1.54) is 0 Å². The Hall–Kier alpha value is -0.260. The number of aliphatic hydroxyl groups is 3. The van der Waals surface area contributed by atoms with Gasteiger partial charge >= 0.3 is 5.97 Å². The van der Waals surface area contributed by atoms with E-state index in [1.807, 2.05) is 0 Å². The molecular weight excluding hydrogens is 206 g/mol. The predicted octanol–water partition coefficient (Wildman–Crippen LogP) is 1.66. The van der Waals surface area contributed by atoms with Gasteiger partial charge in [0.05, 0.1) is 6.67 Å². The van der Waals surface area contributed by atoms with Crippen molar-refractivity contribution in [2.24, 2.45) is 0 Å². The van der Waals surface area contributed by atoms with Crippen LogP contribution in [-0.4, -0.2) is 34.1 Å². The molecule has 5 heteroatoms. The second-order valence-corrected chi connectivity index (χ2v) is 3.75. The molecule has 0 rings (SSSR count). The third kappa shape index (κ3) is 8.72. The molecule has 3 N–H and O–H groups in total. The van der Waals surface area contributed by atoms with Crippen molar-refractivity contribution in [2.75, 3.05) is 6.67 Å². The standard InChI is InChI=1S/C10H20F2O3/c11-8-6-4-2-1-3-5-7-9(12)10(13,14)15/h9,13-15H,1-8H2. The highest BCUT2D eigenvalue weighted by Crippen LogP contribution is 2.16. The maximum atomic E-state index is 12.7. The molecule has 0 aliphatic rings. The average molecular weight is 226 g/mol. The average Bonchev–Trinajstić information content (AvgIpc) is 2.14. The van der Waals surface area contributed by atoms with E-state index in [1.54, 1.807) is 0 Å². The summed E-state index contributed by atoms with van der Waals surface area (Å²) in [5.41, 5.74) is 0. The van der Waals surface area contributed by atoms with Crippen LogP contribution < -0.4 is 0 Å². The van der Waals surface area contributed by atoms with Crippen molar-refractivity contribution in [2.45, 2.75) is 57.1 Å². The molecule has 92 valence electrons. The van der Waals surface area contributed by atoms with Gasteiger partial charge in [-0.25, -0.2) is 4.39 Å². The minimum absolute atomic E-state index is 0.0768. The SMILES string of the molecule is OC(O)(O)C(F)CCCCCCCCF. The van der Waals surface area contributed by atoms with Crippen molar-refractivity contribution in [3.8, 4) is 0 Å². The first-order valence-electron chi connectivity index (χ1n) is 5.35. The number of hydrogen-bond acceptors (Lipinski definition) is 3. The number of alkyl halides is 2. The summed E-state index contributed by atoms with van der Waals surface area (Å²) in [5, 5.41) is 25.4. The normalized spacial score (nSPS) is 14.2. The monoisotopic (exact) mass is 226 g/mol. The van der Waals surface area contributed by atoms with Crippen LogP contribution in [0.15, 0.2) is 0 Å². The Labute approximate surface area is 88.7 Å². The molecule has 0 saturated heterocycles. The Morgan fingerprint density at radius 3 is 1.80 bits per heavy atom. The van der Waals surface area contributed by atoms with Gasteiger partial charge in [-0.2, -0.15) is 0 Å². The molecule has 0 aromatic carbocycles. The fourth-order valence-electron chi connectivity index (χ4n) is 1.32. The van der Waals surface area contributed by atoms with Crippen LogP contribution in [0.25, 0.3) is 0 Å². The predicted molar refractivity (Wildman–Crippen MR) is 52.6 cm³/mol. The molecule has 0 amide bonds. The van der Waals surface area contributed by atoms with Crippen LogP contribution in [0.1, 0.15) is 44.9 Å². The number of rotatable bonds is 9. The van der Waals surface area contributed by atoms with Gasteiger partial charge in [-0.1, -0.05) is 32.1 Å². The maximum absolute atomic E-state index is 12.7. The summed E-state index contributed by atoms with van der Waals surface area (Å²) in [7, 11) is 0. The van der Waals surface area contributed by atoms with Gasteiger partial charge < -0.3 is 15.3 Å². The molecule has 0 fully saturated rings. The first kappa shape index (κ1) is 14.7. The molecule has 15 heavy (non-hydrogen) atoms. The van der Waals surface area contributed by atoms with Crippen molar-refractivity contribution in [3.05, 3.63) is 0 Å². The van der Waals surface area contributed by atoms with E-state index in [2.05, 4.69) is 0 Å². The molecule has 1 unspecified atom stereocenters. The lowest BCUT2D eigenvalue weighted by Gasteiger charge is -2.18. The lowest BCUT2D eigenvalue weighted by Crippen LogP contribution is -2.38. The molecule has 0 saturated carbocycles. The Bertz CT molecular complexity index is 148. The van der Waals surface area contributed by atoms with E-state index < -0.39 is 12.1 Å². The van der Waals surface area contributed by atoms with Gasteiger partial charge in [-0.05, 0) is 12.8 Å². The summed E-state index contributed by atoms with van der Waals surface area (Å²) >= 11 is 0. The zero-order valence-electron chi connectivity index (χ0n) is 8.83. The number of hydrogen-bond donors (Lipinski definition) is 3. The summed E-state index contributed by atoms with van der Waals surface area (Å²) in [5.74, 6) is -3.21. The topological polar surface area (TPSA) is 60.7 Å². The lowest BCUT2D eigenvalue weighted by molar-refractivity contribution is -0.342. The van der Waals surface area contributed by atoms with E-state index in [-0.39, 0.29) is 13.1 Å². The van der Waals surface area contributed by atoms with E-state index in [0.29, 0.717) is 12.8 Å². The van der Waals surface area contributed by atoms with Crippen LogP contribution in [0.2, 0.25) is 0 Å². The van der Waals surface area contributed by atoms with Crippen molar-refractivity contribution in [1.29, 1.82) is 0 Å². The largest absolute Gasteiger partial charge is 0.341 e. The van der Waals surface area contributed by atoms with Gasteiger partial charge in [0, 0.05) is 0 Å². The summed E-state index contributed by atoms with van der Waals surface area (Å²) < 4.78 is 24.4. The van der Waals surface area contributed by atoms with E-state index in [9.17, 15) is 8.78 Å². The smallest absolute Gasteiger partial charge is 0.308 e. The first-order chi connectivity index (χ1) is 6.98. The minimum Gasteiger partial charge on any atom is -0.341 e. The molecule has 0 spiro atoms. The van der Waals surface area contributed by atoms with Crippen LogP contribution in [0.3, 0.4) is 0 Å². The highest BCUT2D eigenvalue weighted by molar-refractivity contribution is 4.63. The summed E-state index contributed by atoms with van der Waals surface area (Å²) in [6, 6.07) is 0. The Kier molecular flexibility index (Phi) is 7.82. The molecule has 3 nitrogen and oxygen atoms in total. The molecule has 1 atom stereocenters. The van der Waals surface area contributed by atoms with Gasteiger partial charge in [0.2, 0.25) is 0 Å². The fraction of sp³-hybridized carbons (Fsp3) is 1.00. The third-order valence-corrected chi connectivity index (χ3v) is 2.26. The summed E-state index contributed by atoms with van der Waals surface area (Å²) in [4.78, 5) is 0.